The molecular formula is C17H19ClN2. The maximum Gasteiger partial charge on any atom is 0.0451 e. The van der Waals surface area contributed by atoms with Crippen molar-refractivity contribution in [3.05, 3.63) is 70.2 Å². The molecule has 0 radical (unpaired) electrons. The zero-order chi connectivity index (χ0) is 13.9. The van der Waals surface area contributed by atoms with Crippen molar-refractivity contribution >= 4 is 11.6 Å². The lowest BCUT2D eigenvalue weighted by Gasteiger charge is -2.36. The lowest BCUT2D eigenvalue weighted by molar-refractivity contribution is 0.167. The van der Waals surface area contributed by atoms with E-state index in [9.17, 15) is 0 Å². The van der Waals surface area contributed by atoms with E-state index >= 15 is 0 Å². The normalized spacial score (nSPS) is 18.8. The fraction of sp³-hybridized carbons (Fsp3) is 0.294. The minimum Gasteiger partial charge on any atom is -0.329 e. The Hall–Kier alpha value is -1.35. The molecule has 2 aromatic carbocycles. The van der Waals surface area contributed by atoms with Gasteiger partial charge in [0.15, 0.2) is 0 Å². The standard InChI is InChI=1S/C17H19ClN2/c18-17-8-4-3-7-15(17)12-20-11-14-6-2-1-5-13(14)9-16(20)10-19/h1-8,16H,9-12,19H2. The molecule has 1 unspecified atom stereocenters. The summed E-state index contributed by atoms with van der Waals surface area (Å²) < 4.78 is 0. The van der Waals surface area contributed by atoms with Gasteiger partial charge in [0, 0.05) is 30.7 Å². The molecule has 1 aliphatic heterocycles. The van der Waals surface area contributed by atoms with Crippen LogP contribution in [0.15, 0.2) is 48.5 Å². The monoisotopic (exact) mass is 286 g/mol. The highest BCUT2D eigenvalue weighted by molar-refractivity contribution is 6.31. The number of nitrogens with zero attached hydrogens (tertiary/aromatic N) is 1. The van der Waals surface area contributed by atoms with Gasteiger partial charge in [0.05, 0.1) is 0 Å². The van der Waals surface area contributed by atoms with Gasteiger partial charge in [0.1, 0.15) is 0 Å². The summed E-state index contributed by atoms with van der Waals surface area (Å²) in [4.78, 5) is 2.43. The van der Waals surface area contributed by atoms with Gasteiger partial charge in [0.25, 0.3) is 0 Å². The van der Waals surface area contributed by atoms with E-state index in [1.165, 1.54) is 16.7 Å². The van der Waals surface area contributed by atoms with E-state index in [1.807, 2.05) is 18.2 Å². The predicted octanol–water partition coefficient (Wildman–Crippen LogP) is 3.23. The predicted molar refractivity (Wildman–Crippen MR) is 83.7 cm³/mol. The molecule has 20 heavy (non-hydrogen) atoms. The molecule has 0 amide bonds. The van der Waals surface area contributed by atoms with Crippen molar-refractivity contribution < 1.29 is 0 Å². The Kier molecular flexibility index (Phi) is 4.06. The van der Waals surface area contributed by atoms with Crippen molar-refractivity contribution in [1.29, 1.82) is 0 Å². The summed E-state index contributed by atoms with van der Waals surface area (Å²) >= 11 is 6.28. The van der Waals surface area contributed by atoms with Crippen LogP contribution in [0.2, 0.25) is 5.02 Å². The van der Waals surface area contributed by atoms with Gasteiger partial charge in [-0.3, -0.25) is 4.90 Å². The highest BCUT2D eigenvalue weighted by Crippen LogP contribution is 2.26. The van der Waals surface area contributed by atoms with E-state index in [2.05, 4.69) is 35.2 Å². The lowest BCUT2D eigenvalue weighted by Crippen LogP contribution is -2.44. The van der Waals surface area contributed by atoms with E-state index in [0.29, 0.717) is 12.6 Å². The van der Waals surface area contributed by atoms with Gasteiger partial charge >= 0.3 is 0 Å². The molecule has 1 aliphatic rings. The molecule has 0 aromatic heterocycles. The first kappa shape index (κ1) is 13.6. The molecule has 1 heterocycles. The summed E-state index contributed by atoms with van der Waals surface area (Å²) in [5.41, 5.74) is 9.98. The number of halogens is 1. The van der Waals surface area contributed by atoms with Crippen LogP contribution in [0, 0.1) is 0 Å². The van der Waals surface area contributed by atoms with E-state index in [-0.39, 0.29) is 0 Å². The molecule has 1 atom stereocenters. The molecule has 3 heteroatoms. The smallest absolute Gasteiger partial charge is 0.0451 e. The Morgan fingerprint density at radius 1 is 1.05 bits per heavy atom. The average Bonchev–Trinajstić information content (AvgIpc) is 2.49. The van der Waals surface area contributed by atoms with Crippen molar-refractivity contribution in [2.75, 3.05) is 6.54 Å². The fourth-order valence-electron chi connectivity index (χ4n) is 2.90. The number of fused-ring (bicyclic) bond motifs is 1. The Bertz CT molecular complexity index is 597. The first-order valence-corrected chi connectivity index (χ1v) is 7.40. The number of hydrogen-bond acceptors (Lipinski definition) is 2. The summed E-state index contributed by atoms with van der Waals surface area (Å²) in [6.45, 7) is 2.48. The maximum absolute atomic E-state index is 6.28. The third-order valence-electron chi connectivity index (χ3n) is 4.07. The molecule has 0 saturated carbocycles. The second-order valence-electron chi connectivity index (χ2n) is 5.36. The first-order chi connectivity index (χ1) is 9.78. The van der Waals surface area contributed by atoms with Crippen LogP contribution in [0.25, 0.3) is 0 Å². The molecule has 2 aromatic rings. The molecule has 2 nitrogen and oxygen atoms in total. The van der Waals surface area contributed by atoms with Gasteiger partial charge in [-0.05, 0) is 29.2 Å². The van der Waals surface area contributed by atoms with Crippen LogP contribution in [0.4, 0.5) is 0 Å². The van der Waals surface area contributed by atoms with Crippen molar-refractivity contribution in [2.45, 2.75) is 25.6 Å². The van der Waals surface area contributed by atoms with Gasteiger partial charge in [-0.2, -0.15) is 0 Å². The number of benzene rings is 2. The Morgan fingerprint density at radius 3 is 2.50 bits per heavy atom. The Labute approximate surface area is 125 Å². The molecule has 0 saturated heterocycles. The van der Waals surface area contributed by atoms with Crippen molar-refractivity contribution in [2.24, 2.45) is 5.73 Å². The zero-order valence-electron chi connectivity index (χ0n) is 11.4. The molecular weight excluding hydrogens is 268 g/mol. The van der Waals surface area contributed by atoms with Gasteiger partial charge in [-0.1, -0.05) is 54.1 Å². The first-order valence-electron chi connectivity index (χ1n) is 7.02. The summed E-state index contributed by atoms with van der Waals surface area (Å²) in [5.74, 6) is 0. The minimum absolute atomic E-state index is 0.390. The van der Waals surface area contributed by atoms with Crippen LogP contribution < -0.4 is 5.73 Å². The second-order valence-corrected chi connectivity index (χ2v) is 5.77. The largest absolute Gasteiger partial charge is 0.329 e. The van der Waals surface area contributed by atoms with Crippen LogP contribution in [-0.2, 0) is 19.5 Å². The van der Waals surface area contributed by atoms with Gasteiger partial charge in [-0.25, -0.2) is 0 Å². The highest BCUT2D eigenvalue weighted by atomic mass is 35.5. The van der Waals surface area contributed by atoms with E-state index in [1.54, 1.807) is 0 Å². The van der Waals surface area contributed by atoms with Crippen molar-refractivity contribution in [3.63, 3.8) is 0 Å². The van der Waals surface area contributed by atoms with Gasteiger partial charge < -0.3 is 5.73 Å². The molecule has 2 N–H and O–H groups in total. The molecule has 0 bridgehead atoms. The number of rotatable bonds is 3. The second kappa shape index (κ2) is 5.96. The minimum atomic E-state index is 0.390. The molecule has 104 valence electrons. The molecule has 3 rings (SSSR count). The quantitative estimate of drug-likeness (QED) is 0.939. The fourth-order valence-corrected chi connectivity index (χ4v) is 3.10. The summed E-state index contributed by atoms with van der Waals surface area (Å²) in [6, 6.07) is 17.1. The van der Waals surface area contributed by atoms with Crippen molar-refractivity contribution in [3.8, 4) is 0 Å². The van der Waals surface area contributed by atoms with Crippen LogP contribution >= 0.6 is 11.6 Å². The van der Waals surface area contributed by atoms with E-state index in [0.717, 1.165) is 24.5 Å². The van der Waals surface area contributed by atoms with Crippen LogP contribution in [0.1, 0.15) is 16.7 Å². The molecule has 0 spiro atoms. The third-order valence-corrected chi connectivity index (χ3v) is 4.44. The number of nitrogens with two attached hydrogens (primary N) is 1. The zero-order valence-corrected chi connectivity index (χ0v) is 12.2. The van der Waals surface area contributed by atoms with Crippen LogP contribution in [0.5, 0.6) is 0 Å². The average molecular weight is 287 g/mol. The molecule has 0 aliphatic carbocycles. The number of hydrogen-bond donors (Lipinski definition) is 1. The van der Waals surface area contributed by atoms with Crippen LogP contribution in [0.3, 0.4) is 0 Å². The summed E-state index contributed by atoms with van der Waals surface area (Å²) in [7, 11) is 0. The van der Waals surface area contributed by atoms with Crippen molar-refractivity contribution in [1.82, 2.24) is 4.90 Å². The summed E-state index contributed by atoms with van der Waals surface area (Å²) in [6.07, 6.45) is 1.02. The SMILES string of the molecule is NCC1Cc2ccccc2CN1Cc1ccccc1Cl. The van der Waals surface area contributed by atoms with Gasteiger partial charge in [-0.15, -0.1) is 0 Å². The van der Waals surface area contributed by atoms with E-state index in [4.69, 9.17) is 17.3 Å². The van der Waals surface area contributed by atoms with Gasteiger partial charge in [0.2, 0.25) is 0 Å². The van der Waals surface area contributed by atoms with E-state index < -0.39 is 0 Å². The third kappa shape index (κ3) is 2.73. The highest BCUT2D eigenvalue weighted by Gasteiger charge is 2.25. The summed E-state index contributed by atoms with van der Waals surface area (Å²) in [5, 5.41) is 0.835. The van der Waals surface area contributed by atoms with Crippen LogP contribution in [-0.4, -0.2) is 17.5 Å². The lowest BCUT2D eigenvalue weighted by atomic mass is 9.93. The topological polar surface area (TPSA) is 29.3 Å². The molecule has 0 fully saturated rings. The Morgan fingerprint density at radius 2 is 1.75 bits per heavy atom. The maximum atomic E-state index is 6.28. The Balaban J connectivity index is 1.84.